The number of benzene rings is 1. The Morgan fingerprint density at radius 3 is 2.61 bits per heavy atom. The number of halogens is 1. The van der Waals surface area contributed by atoms with Crippen molar-refractivity contribution in [2.24, 2.45) is 11.8 Å². The summed E-state index contributed by atoms with van der Waals surface area (Å²) in [6.45, 7) is 4.80. The Morgan fingerprint density at radius 1 is 1.32 bits per heavy atom. The third-order valence-corrected chi connectivity index (χ3v) is 5.43. The second-order valence-electron chi connectivity index (χ2n) is 8.33. The number of carbonyl (C=O) groups excluding carboxylic acids is 1. The van der Waals surface area contributed by atoms with Gasteiger partial charge in [0.1, 0.15) is 11.6 Å². The van der Waals surface area contributed by atoms with E-state index in [1.54, 1.807) is 19.2 Å². The van der Waals surface area contributed by atoms with Gasteiger partial charge in [-0.15, -0.1) is 0 Å². The van der Waals surface area contributed by atoms with Crippen molar-refractivity contribution in [1.82, 2.24) is 9.55 Å². The maximum absolute atomic E-state index is 13.4. The molecule has 0 aliphatic heterocycles. The summed E-state index contributed by atoms with van der Waals surface area (Å²) in [5.41, 5.74) is 5.82. The summed E-state index contributed by atoms with van der Waals surface area (Å²) in [6, 6.07) is 6.09. The largest absolute Gasteiger partial charge is 0.385 e. The Labute approximate surface area is 179 Å². The Morgan fingerprint density at radius 2 is 2.00 bits per heavy atom. The van der Waals surface area contributed by atoms with Crippen LogP contribution in [0.2, 0.25) is 0 Å². The first-order valence-electron chi connectivity index (χ1n) is 10.4. The number of aromatic amines is 1. The van der Waals surface area contributed by atoms with Crippen LogP contribution in [0, 0.1) is 17.7 Å². The van der Waals surface area contributed by atoms with E-state index in [4.69, 9.17) is 10.5 Å². The number of anilines is 2. The molecule has 3 rings (SSSR count). The number of ether oxygens (including phenoxy) is 1. The molecule has 8 nitrogen and oxygen atoms in total. The second-order valence-corrected chi connectivity index (χ2v) is 8.33. The Kier molecular flexibility index (Phi) is 6.94. The Balaban J connectivity index is 1.94. The molecule has 1 aromatic carbocycles. The zero-order valence-electron chi connectivity index (χ0n) is 18.1. The van der Waals surface area contributed by atoms with Gasteiger partial charge in [0, 0.05) is 32.7 Å². The van der Waals surface area contributed by atoms with Gasteiger partial charge in [0.15, 0.2) is 5.69 Å². The molecular formula is C22H29FN4O4. The molecule has 0 saturated heterocycles. The van der Waals surface area contributed by atoms with E-state index in [1.807, 2.05) is 13.8 Å². The van der Waals surface area contributed by atoms with Crippen LogP contribution in [0.15, 0.2) is 33.9 Å². The minimum Gasteiger partial charge on any atom is -0.385 e. The average molecular weight is 432 g/mol. The number of amides is 1. The molecule has 1 heterocycles. The maximum Gasteiger partial charge on any atom is 0.330 e. The van der Waals surface area contributed by atoms with Crippen LogP contribution in [0.3, 0.4) is 0 Å². The highest BCUT2D eigenvalue weighted by Gasteiger charge is 2.46. The summed E-state index contributed by atoms with van der Waals surface area (Å²) in [7, 11) is 1.56. The lowest BCUT2D eigenvalue weighted by atomic mass is 10.1. The highest BCUT2D eigenvalue weighted by molar-refractivity contribution is 5.99. The minimum absolute atomic E-state index is 0.00823. The molecule has 0 spiro atoms. The van der Waals surface area contributed by atoms with Crippen molar-refractivity contribution in [2.45, 2.75) is 39.2 Å². The summed E-state index contributed by atoms with van der Waals surface area (Å²) in [4.78, 5) is 42.0. The maximum atomic E-state index is 13.4. The van der Waals surface area contributed by atoms with Crippen LogP contribution < -0.4 is 21.9 Å². The van der Waals surface area contributed by atoms with Gasteiger partial charge in [0.2, 0.25) is 5.91 Å². The first-order chi connectivity index (χ1) is 14.7. The molecule has 1 fully saturated rings. The number of carbonyl (C=O) groups is 1. The topological polar surface area (TPSA) is 110 Å². The fourth-order valence-electron chi connectivity index (χ4n) is 3.83. The van der Waals surface area contributed by atoms with E-state index in [2.05, 4.69) is 4.98 Å². The van der Waals surface area contributed by atoms with Gasteiger partial charge in [-0.25, -0.2) is 9.18 Å². The summed E-state index contributed by atoms with van der Waals surface area (Å²) in [5, 5.41) is 0. The summed E-state index contributed by atoms with van der Waals surface area (Å²) >= 11 is 0. The molecule has 1 saturated carbocycles. The van der Waals surface area contributed by atoms with E-state index in [0.29, 0.717) is 26.0 Å². The van der Waals surface area contributed by atoms with Gasteiger partial charge in [-0.1, -0.05) is 26.0 Å². The molecule has 2 unspecified atom stereocenters. The fraction of sp³-hybridized carbons (Fsp3) is 0.500. The number of hydrogen-bond donors (Lipinski definition) is 2. The number of methoxy groups -OCH3 is 1. The lowest BCUT2D eigenvalue weighted by Crippen LogP contribution is -2.43. The lowest BCUT2D eigenvalue weighted by molar-refractivity contribution is -0.119. The third-order valence-electron chi connectivity index (χ3n) is 5.43. The van der Waals surface area contributed by atoms with Crippen LogP contribution in [0.1, 0.15) is 38.2 Å². The standard InChI is InChI=1S/C22H29FN4O4/c1-13(2)12-27-19(24)18(20(28)25-22(27)30)26(9-4-10-31-3)21(29)17-11-16(17)14-5-7-15(23)8-6-14/h5-8,13,16-17H,4,9-12,24H2,1-3H3,(H,25,28,30). The molecule has 31 heavy (non-hydrogen) atoms. The van der Waals surface area contributed by atoms with Gasteiger partial charge in [-0.2, -0.15) is 0 Å². The predicted molar refractivity (Wildman–Crippen MR) is 117 cm³/mol. The van der Waals surface area contributed by atoms with Crippen molar-refractivity contribution in [1.29, 1.82) is 0 Å². The number of aromatic nitrogens is 2. The molecule has 1 amide bonds. The third kappa shape index (κ3) is 5.04. The molecule has 0 radical (unpaired) electrons. The molecule has 9 heteroatoms. The second kappa shape index (κ2) is 9.47. The van der Waals surface area contributed by atoms with Gasteiger partial charge in [-0.05, 0) is 42.4 Å². The molecule has 168 valence electrons. The number of nitrogens with one attached hydrogen (secondary N) is 1. The van der Waals surface area contributed by atoms with Crippen molar-refractivity contribution in [3.63, 3.8) is 0 Å². The van der Waals surface area contributed by atoms with Crippen LogP contribution in [0.5, 0.6) is 0 Å². The molecule has 1 aromatic heterocycles. The zero-order chi connectivity index (χ0) is 22.7. The molecule has 3 N–H and O–H groups in total. The SMILES string of the molecule is COCCCN(C(=O)C1CC1c1ccc(F)cc1)c1c(N)n(CC(C)C)c(=O)[nH]c1=O. The van der Waals surface area contributed by atoms with Crippen molar-refractivity contribution in [3.05, 3.63) is 56.5 Å². The smallest absolute Gasteiger partial charge is 0.330 e. The Hall–Kier alpha value is -2.94. The summed E-state index contributed by atoms with van der Waals surface area (Å²) in [6.07, 6.45) is 1.10. The van der Waals surface area contributed by atoms with E-state index < -0.39 is 11.2 Å². The number of nitrogens with zero attached hydrogens (tertiary/aromatic N) is 2. The average Bonchev–Trinajstić information content (AvgIpc) is 3.50. The molecule has 0 bridgehead atoms. The van der Waals surface area contributed by atoms with Crippen molar-refractivity contribution >= 4 is 17.4 Å². The van der Waals surface area contributed by atoms with E-state index in [0.717, 1.165) is 5.56 Å². The zero-order valence-corrected chi connectivity index (χ0v) is 18.1. The van der Waals surface area contributed by atoms with Gasteiger partial charge in [-0.3, -0.25) is 19.1 Å². The number of hydrogen-bond acceptors (Lipinski definition) is 5. The molecule has 2 atom stereocenters. The van der Waals surface area contributed by atoms with Crippen LogP contribution in [0.4, 0.5) is 15.9 Å². The number of rotatable bonds is 9. The van der Waals surface area contributed by atoms with E-state index >= 15 is 0 Å². The first kappa shape index (κ1) is 22.7. The fourth-order valence-corrected chi connectivity index (χ4v) is 3.83. The van der Waals surface area contributed by atoms with E-state index in [1.165, 1.54) is 21.6 Å². The van der Waals surface area contributed by atoms with Crippen LogP contribution in [-0.2, 0) is 16.1 Å². The highest BCUT2D eigenvalue weighted by Crippen LogP contribution is 2.49. The Bertz CT molecular complexity index is 1040. The van der Waals surface area contributed by atoms with Gasteiger partial charge >= 0.3 is 5.69 Å². The van der Waals surface area contributed by atoms with Crippen molar-refractivity contribution in [3.8, 4) is 0 Å². The number of nitrogen functional groups attached to an aromatic ring is 1. The van der Waals surface area contributed by atoms with E-state index in [-0.39, 0.29) is 47.5 Å². The van der Waals surface area contributed by atoms with Crippen molar-refractivity contribution < 1.29 is 13.9 Å². The first-order valence-corrected chi connectivity index (χ1v) is 10.4. The van der Waals surface area contributed by atoms with Gasteiger partial charge < -0.3 is 15.4 Å². The minimum atomic E-state index is -0.688. The van der Waals surface area contributed by atoms with Gasteiger partial charge in [0.05, 0.1) is 0 Å². The summed E-state index contributed by atoms with van der Waals surface area (Å²) in [5.74, 6) is -0.857. The quantitative estimate of drug-likeness (QED) is 0.590. The highest BCUT2D eigenvalue weighted by atomic mass is 19.1. The molecule has 1 aliphatic rings. The number of H-pyrrole nitrogens is 1. The van der Waals surface area contributed by atoms with Crippen LogP contribution in [-0.4, -0.2) is 35.7 Å². The normalized spacial score (nSPS) is 17.7. The van der Waals surface area contributed by atoms with Crippen LogP contribution >= 0.6 is 0 Å². The molecule has 1 aliphatic carbocycles. The summed E-state index contributed by atoms with van der Waals surface area (Å²) < 4.78 is 19.6. The van der Waals surface area contributed by atoms with E-state index in [9.17, 15) is 18.8 Å². The molecule has 2 aromatic rings. The van der Waals surface area contributed by atoms with Gasteiger partial charge in [0.25, 0.3) is 5.56 Å². The predicted octanol–water partition coefficient (Wildman–Crippen LogP) is 2.09. The molecular weight excluding hydrogens is 403 g/mol. The number of nitrogens with two attached hydrogens (primary N) is 1. The monoisotopic (exact) mass is 432 g/mol. The van der Waals surface area contributed by atoms with Crippen molar-refractivity contribution in [2.75, 3.05) is 30.9 Å². The lowest BCUT2D eigenvalue weighted by Gasteiger charge is -2.25. The van der Waals surface area contributed by atoms with Crippen LogP contribution in [0.25, 0.3) is 0 Å².